The van der Waals surface area contributed by atoms with Crippen molar-refractivity contribution in [2.24, 2.45) is 5.73 Å². The molecule has 1 unspecified atom stereocenters. The number of ether oxygens (including phenoxy) is 1. The van der Waals surface area contributed by atoms with Crippen molar-refractivity contribution in [2.45, 2.75) is 25.3 Å². The molecule has 20 heavy (non-hydrogen) atoms. The molecule has 0 saturated carbocycles. The second kappa shape index (κ2) is 6.85. The van der Waals surface area contributed by atoms with Gasteiger partial charge in [0.25, 0.3) is 0 Å². The molecule has 1 atom stereocenters. The Morgan fingerprint density at radius 2 is 2.15 bits per heavy atom. The highest BCUT2D eigenvalue weighted by Crippen LogP contribution is 2.26. The first-order valence-electron chi connectivity index (χ1n) is 6.26. The van der Waals surface area contributed by atoms with Gasteiger partial charge >= 0.3 is 5.69 Å². The Kier molecular flexibility index (Phi) is 5.45. The third-order valence-electron chi connectivity index (χ3n) is 3.24. The number of hydrogen-bond donors (Lipinski definition) is 2. The van der Waals surface area contributed by atoms with Crippen LogP contribution in [0, 0.1) is 10.1 Å². The molecule has 0 heterocycles. The van der Waals surface area contributed by atoms with E-state index in [4.69, 9.17) is 10.5 Å². The van der Waals surface area contributed by atoms with Gasteiger partial charge in [0, 0.05) is 6.07 Å². The number of benzene rings is 1. The van der Waals surface area contributed by atoms with Crippen LogP contribution in [0.5, 0.6) is 5.75 Å². The number of primary amides is 1. The number of carbonyl (C=O) groups is 1. The van der Waals surface area contributed by atoms with Gasteiger partial charge in [-0.15, -0.1) is 0 Å². The van der Waals surface area contributed by atoms with E-state index in [1.165, 1.54) is 6.07 Å². The van der Waals surface area contributed by atoms with Crippen LogP contribution >= 0.6 is 0 Å². The smallest absolute Gasteiger partial charge is 0.310 e. The summed E-state index contributed by atoms with van der Waals surface area (Å²) in [5.74, 6) is -0.214. The molecule has 0 aliphatic heterocycles. The SMILES string of the molecule is CNC(C)(CCCOc1ccccc1[N+](=O)[O-])C(N)=O. The van der Waals surface area contributed by atoms with E-state index in [1.807, 2.05) is 0 Å². The largest absolute Gasteiger partial charge is 0.487 e. The summed E-state index contributed by atoms with van der Waals surface area (Å²) < 4.78 is 5.40. The quantitative estimate of drug-likeness (QED) is 0.423. The summed E-state index contributed by atoms with van der Waals surface area (Å²) in [7, 11) is 1.66. The Balaban J connectivity index is 2.54. The normalized spacial score (nSPS) is 13.5. The van der Waals surface area contributed by atoms with Crippen molar-refractivity contribution in [3.63, 3.8) is 0 Å². The maximum Gasteiger partial charge on any atom is 0.310 e. The van der Waals surface area contributed by atoms with E-state index in [9.17, 15) is 14.9 Å². The molecule has 0 saturated heterocycles. The molecule has 0 aliphatic carbocycles. The number of nitro benzene ring substituents is 1. The maximum absolute atomic E-state index is 11.3. The number of para-hydroxylation sites is 2. The summed E-state index contributed by atoms with van der Waals surface area (Å²) >= 11 is 0. The minimum atomic E-state index is -0.800. The lowest BCUT2D eigenvalue weighted by Gasteiger charge is -2.25. The monoisotopic (exact) mass is 281 g/mol. The van der Waals surface area contributed by atoms with Crippen LogP contribution in [0.1, 0.15) is 19.8 Å². The van der Waals surface area contributed by atoms with Crippen molar-refractivity contribution in [1.29, 1.82) is 0 Å². The van der Waals surface area contributed by atoms with Crippen LogP contribution in [0.2, 0.25) is 0 Å². The van der Waals surface area contributed by atoms with Gasteiger partial charge in [-0.1, -0.05) is 12.1 Å². The second-order valence-electron chi connectivity index (χ2n) is 4.62. The molecule has 0 aromatic heterocycles. The number of carbonyl (C=O) groups excluding carboxylic acids is 1. The van der Waals surface area contributed by atoms with Crippen molar-refractivity contribution in [3.8, 4) is 5.75 Å². The maximum atomic E-state index is 11.3. The molecule has 1 aromatic carbocycles. The van der Waals surface area contributed by atoms with Gasteiger partial charge in [-0.25, -0.2) is 0 Å². The third-order valence-corrected chi connectivity index (χ3v) is 3.24. The molecule has 1 aromatic rings. The number of hydrogen-bond acceptors (Lipinski definition) is 5. The Bertz CT molecular complexity index is 492. The van der Waals surface area contributed by atoms with Crippen molar-refractivity contribution in [1.82, 2.24) is 5.32 Å². The molecule has 0 radical (unpaired) electrons. The molecule has 1 amide bonds. The molecule has 3 N–H and O–H groups in total. The van der Waals surface area contributed by atoms with Gasteiger partial charge in [0.2, 0.25) is 5.91 Å². The van der Waals surface area contributed by atoms with Crippen LogP contribution in [0.15, 0.2) is 24.3 Å². The molecule has 0 fully saturated rings. The summed E-state index contributed by atoms with van der Waals surface area (Å²) in [5.41, 5.74) is 4.44. The van der Waals surface area contributed by atoms with E-state index in [0.717, 1.165) is 0 Å². The molecule has 1 rings (SSSR count). The predicted octanol–water partition coefficient (Wildman–Crippen LogP) is 1.22. The minimum Gasteiger partial charge on any atom is -0.487 e. The van der Waals surface area contributed by atoms with E-state index in [1.54, 1.807) is 32.2 Å². The van der Waals surface area contributed by atoms with E-state index in [-0.39, 0.29) is 18.0 Å². The van der Waals surface area contributed by atoms with Gasteiger partial charge in [-0.2, -0.15) is 0 Å². The third kappa shape index (κ3) is 3.92. The summed E-state index contributed by atoms with van der Waals surface area (Å²) in [6, 6.07) is 6.18. The Hall–Kier alpha value is -2.15. The topological polar surface area (TPSA) is 107 Å². The molecule has 7 heteroatoms. The fourth-order valence-electron chi connectivity index (χ4n) is 1.71. The molecule has 0 spiro atoms. The van der Waals surface area contributed by atoms with Crippen molar-refractivity contribution in [3.05, 3.63) is 34.4 Å². The summed E-state index contributed by atoms with van der Waals surface area (Å²) in [4.78, 5) is 21.6. The van der Waals surface area contributed by atoms with Gasteiger partial charge in [-0.05, 0) is 32.9 Å². The summed E-state index contributed by atoms with van der Waals surface area (Å²) in [5, 5.41) is 13.7. The van der Waals surface area contributed by atoms with Crippen LogP contribution in [0.25, 0.3) is 0 Å². The van der Waals surface area contributed by atoms with Crippen molar-refractivity contribution in [2.75, 3.05) is 13.7 Å². The van der Waals surface area contributed by atoms with Crippen molar-refractivity contribution >= 4 is 11.6 Å². The number of amides is 1. The zero-order chi connectivity index (χ0) is 15.2. The number of nitro groups is 1. The van der Waals surface area contributed by atoms with Gasteiger partial charge in [0.05, 0.1) is 17.1 Å². The molecule has 0 aliphatic rings. The van der Waals surface area contributed by atoms with Gasteiger partial charge in [-0.3, -0.25) is 14.9 Å². The number of nitrogens with two attached hydrogens (primary N) is 1. The van der Waals surface area contributed by atoms with Crippen molar-refractivity contribution < 1.29 is 14.5 Å². The van der Waals surface area contributed by atoms with E-state index in [2.05, 4.69) is 5.32 Å². The van der Waals surface area contributed by atoms with Gasteiger partial charge in [0.1, 0.15) is 0 Å². The summed E-state index contributed by atoms with van der Waals surface area (Å²) in [6.07, 6.45) is 1.03. The lowest BCUT2D eigenvalue weighted by Crippen LogP contribution is -2.51. The number of rotatable bonds is 8. The molecule has 7 nitrogen and oxygen atoms in total. The highest BCUT2D eigenvalue weighted by Gasteiger charge is 2.28. The summed E-state index contributed by atoms with van der Waals surface area (Å²) in [6.45, 7) is 1.98. The first-order valence-corrected chi connectivity index (χ1v) is 6.26. The second-order valence-corrected chi connectivity index (χ2v) is 4.62. The van der Waals surface area contributed by atoms with E-state index < -0.39 is 16.4 Å². The number of nitrogens with one attached hydrogen (secondary N) is 1. The van der Waals surface area contributed by atoms with Crippen LogP contribution in [-0.2, 0) is 4.79 Å². The standard InChI is InChI=1S/C13H19N3O4/c1-13(15-2,12(14)17)8-5-9-20-11-7-4-3-6-10(11)16(18)19/h3-4,6-7,15H,5,8-9H2,1-2H3,(H2,14,17). The fraction of sp³-hybridized carbons (Fsp3) is 0.462. The average molecular weight is 281 g/mol. The first kappa shape index (κ1) is 15.9. The average Bonchev–Trinajstić information content (AvgIpc) is 2.43. The minimum absolute atomic E-state index is 0.0706. The Morgan fingerprint density at radius 3 is 2.70 bits per heavy atom. The number of nitrogens with zero attached hydrogens (tertiary/aromatic N) is 1. The first-order chi connectivity index (χ1) is 9.40. The van der Waals surface area contributed by atoms with E-state index in [0.29, 0.717) is 12.8 Å². The lowest BCUT2D eigenvalue weighted by atomic mass is 9.95. The fourth-order valence-corrected chi connectivity index (χ4v) is 1.71. The molecule has 110 valence electrons. The molecule has 0 bridgehead atoms. The van der Waals surface area contributed by atoms with Crippen LogP contribution in [0.4, 0.5) is 5.69 Å². The van der Waals surface area contributed by atoms with Crippen LogP contribution in [0.3, 0.4) is 0 Å². The molecular weight excluding hydrogens is 262 g/mol. The zero-order valence-corrected chi connectivity index (χ0v) is 11.6. The lowest BCUT2D eigenvalue weighted by molar-refractivity contribution is -0.385. The van der Waals surface area contributed by atoms with E-state index >= 15 is 0 Å². The Labute approximate surface area is 117 Å². The Morgan fingerprint density at radius 1 is 1.50 bits per heavy atom. The predicted molar refractivity (Wildman–Crippen MR) is 74.5 cm³/mol. The highest BCUT2D eigenvalue weighted by atomic mass is 16.6. The van der Waals surface area contributed by atoms with Gasteiger partial charge in [0.15, 0.2) is 5.75 Å². The molecular formula is C13H19N3O4. The van der Waals surface area contributed by atoms with Crippen LogP contribution in [-0.4, -0.2) is 30.0 Å². The van der Waals surface area contributed by atoms with Gasteiger partial charge < -0.3 is 15.8 Å². The number of likely N-dealkylation sites (N-methyl/N-ethyl adjacent to an activating group) is 1. The van der Waals surface area contributed by atoms with Crippen LogP contribution < -0.4 is 15.8 Å². The zero-order valence-electron chi connectivity index (χ0n) is 11.6. The highest BCUT2D eigenvalue weighted by molar-refractivity contribution is 5.84.